The molecule has 13 heteroatoms. The Morgan fingerprint density at radius 1 is 1.45 bits per heavy atom. The van der Waals surface area contributed by atoms with Crippen molar-refractivity contribution in [3.05, 3.63) is 27.2 Å². The average Bonchev–Trinajstić information content (AvgIpc) is 3.36. The molecule has 31 heavy (non-hydrogen) atoms. The van der Waals surface area contributed by atoms with Gasteiger partial charge in [-0.15, -0.1) is 0 Å². The number of carboxylic acids is 1. The molecule has 0 saturated carbocycles. The lowest BCUT2D eigenvalue weighted by Crippen LogP contribution is -2.55. The normalized spacial score (nSPS) is 19.0. The van der Waals surface area contributed by atoms with Crippen LogP contribution < -0.4 is 10.2 Å². The Hall–Kier alpha value is -2.70. The summed E-state index contributed by atoms with van der Waals surface area (Å²) in [7, 11) is 2.93. The molecular weight excluding hydrogens is 448 g/mol. The Balaban J connectivity index is 1.71. The van der Waals surface area contributed by atoms with E-state index in [0.717, 1.165) is 11.3 Å². The molecule has 3 rings (SSSR count). The van der Waals surface area contributed by atoms with E-state index in [-0.39, 0.29) is 39.6 Å². The summed E-state index contributed by atoms with van der Waals surface area (Å²) in [5, 5.41) is 16.8. The van der Waals surface area contributed by atoms with E-state index in [2.05, 4.69) is 30.3 Å². The smallest absolute Gasteiger partial charge is 0.348 e. The van der Waals surface area contributed by atoms with Gasteiger partial charge < -0.3 is 29.9 Å². The van der Waals surface area contributed by atoms with E-state index >= 15 is 0 Å². The van der Waals surface area contributed by atoms with Crippen molar-refractivity contribution >= 4 is 46.2 Å². The molecule has 0 aliphatic carbocycles. The van der Waals surface area contributed by atoms with E-state index < -0.39 is 5.97 Å². The number of aromatic amines is 1. The highest BCUT2D eigenvalue weighted by molar-refractivity contribution is 7.17. The van der Waals surface area contributed by atoms with E-state index in [9.17, 15) is 14.7 Å². The van der Waals surface area contributed by atoms with Crippen molar-refractivity contribution in [1.29, 1.82) is 0 Å². The van der Waals surface area contributed by atoms with Crippen LogP contribution in [0.2, 0.25) is 5.15 Å². The van der Waals surface area contributed by atoms with Crippen molar-refractivity contribution in [2.75, 3.05) is 32.2 Å². The predicted octanol–water partition coefficient (Wildman–Crippen LogP) is 1.78. The zero-order valence-electron chi connectivity index (χ0n) is 17.2. The highest BCUT2D eigenvalue weighted by atomic mass is 35.5. The van der Waals surface area contributed by atoms with Crippen LogP contribution in [-0.4, -0.2) is 77.6 Å². The molecule has 3 heterocycles. The number of nitrogens with one attached hydrogen (secondary N) is 2. The Labute approximate surface area is 187 Å². The number of H-pyrrole nitrogens is 1. The zero-order valence-corrected chi connectivity index (χ0v) is 18.8. The number of rotatable bonds is 8. The summed E-state index contributed by atoms with van der Waals surface area (Å²) in [6.07, 6.45) is 2.15. The number of imidazole rings is 1. The Kier molecular flexibility index (Phi) is 7.46. The summed E-state index contributed by atoms with van der Waals surface area (Å²) in [4.78, 5) is 42.1. The highest BCUT2D eigenvalue weighted by Gasteiger charge is 2.33. The van der Waals surface area contributed by atoms with E-state index in [1.54, 1.807) is 7.11 Å². The lowest BCUT2D eigenvalue weighted by Gasteiger charge is -2.37. The first-order valence-corrected chi connectivity index (χ1v) is 10.7. The number of carbonyl (C=O) groups is 2. The summed E-state index contributed by atoms with van der Waals surface area (Å²) in [6, 6.07) is -0.254. The monoisotopic (exact) mass is 470 g/mol. The summed E-state index contributed by atoms with van der Waals surface area (Å²) in [5.74, 6) is -1.29. The molecule has 0 radical (unpaired) electrons. The third kappa shape index (κ3) is 5.14. The van der Waals surface area contributed by atoms with E-state index in [0.29, 0.717) is 36.8 Å². The number of carbonyl (C=O) groups excluding carboxylic acids is 1. The van der Waals surface area contributed by atoms with Crippen molar-refractivity contribution in [3.63, 3.8) is 0 Å². The maximum Gasteiger partial charge on any atom is 0.348 e. The van der Waals surface area contributed by atoms with Crippen LogP contribution in [0.15, 0.2) is 5.16 Å². The molecule has 1 fully saturated rings. The van der Waals surface area contributed by atoms with Gasteiger partial charge in [-0.3, -0.25) is 4.79 Å². The second-order valence-electron chi connectivity index (χ2n) is 6.73. The number of ether oxygens (including phenoxy) is 1. The molecule has 1 saturated heterocycles. The first-order chi connectivity index (χ1) is 14.9. The number of anilines is 1. The van der Waals surface area contributed by atoms with Gasteiger partial charge in [-0.05, 0) is 12.8 Å². The van der Waals surface area contributed by atoms with Gasteiger partial charge in [-0.1, -0.05) is 35.0 Å². The molecule has 2 aromatic heterocycles. The van der Waals surface area contributed by atoms with Gasteiger partial charge in [-0.25, -0.2) is 14.8 Å². The van der Waals surface area contributed by atoms with Crippen molar-refractivity contribution in [2.24, 2.45) is 5.16 Å². The van der Waals surface area contributed by atoms with Crippen LogP contribution in [-0.2, 0) is 16.0 Å². The van der Waals surface area contributed by atoms with Crippen LogP contribution in [0.1, 0.15) is 45.0 Å². The minimum Gasteiger partial charge on any atom is -0.477 e. The number of aryl methyl sites for hydroxylation is 1. The molecule has 0 aromatic carbocycles. The lowest BCUT2D eigenvalue weighted by molar-refractivity contribution is 0.0538. The lowest BCUT2D eigenvalue weighted by atomic mass is 10.0. The Morgan fingerprint density at radius 2 is 2.23 bits per heavy atom. The number of hydrogen-bond acceptors (Lipinski definition) is 9. The number of aromatic nitrogens is 3. The quantitative estimate of drug-likeness (QED) is 0.391. The van der Waals surface area contributed by atoms with Crippen LogP contribution >= 0.6 is 22.9 Å². The first-order valence-electron chi connectivity index (χ1n) is 9.51. The molecule has 1 amide bonds. The number of hydrogen-bond donors (Lipinski definition) is 3. The second kappa shape index (κ2) is 10.1. The van der Waals surface area contributed by atoms with E-state index in [1.165, 1.54) is 13.3 Å². The summed E-state index contributed by atoms with van der Waals surface area (Å²) in [5.41, 5.74) is 0.927. The van der Waals surface area contributed by atoms with Gasteiger partial charge in [0.25, 0.3) is 5.91 Å². The standard InChI is InChI=1S/C18H23ClN6O5S/c1-4-9-14(19)24-15(21-9)16(26)22-10-5-6-25(8-12(10)29-2)18-23-11(7-20-30-3)13(31-18)17(27)28/h7,10,12H,4-6,8H2,1-3H3,(H,21,24)(H,22,26)(H,27,28)/b20-7+. The van der Waals surface area contributed by atoms with Crippen molar-refractivity contribution in [3.8, 4) is 0 Å². The van der Waals surface area contributed by atoms with Gasteiger partial charge in [0.1, 0.15) is 17.7 Å². The van der Waals surface area contributed by atoms with Gasteiger partial charge in [0, 0.05) is 20.2 Å². The van der Waals surface area contributed by atoms with E-state index in [4.69, 9.17) is 16.3 Å². The van der Waals surface area contributed by atoms with Gasteiger partial charge in [0.2, 0.25) is 0 Å². The van der Waals surface area contributed by atoms with Crippen molar-refractivity contribution < 1.29 is 24.3 Å². The van der Waals surface area contributed by atoms with Crippen LogP contribution in [0, 0.1) is 0 Å². The summed E-state index contributed by atoms with van der Waals surface area (Å²) < 4.78 is 5.59. The maximum absolute atomic E-state index is 12.6. The second-order valence-corrected chi connectivity index (χ2v) is 8.07. The highest BCUT2D eigenvalue weighted by Crippen LogP contribution is 2.29. The SMILES string of the molecule is CCc1[nH]c(C(=O)NC2CCN(c3nc(/C=N/OC)c(C(=O)O)s3)CC2OC)nc1Cl. The molecular formula is C18H23ClN6O5S. The largest absolute Gasteiger partial charge is 0.477 e. The number of aromatic carboxylic acids is 1. The predicted molar refractivity (Wildman–Crippen MR) is 116 cm³/mol. The average molecular weight is 471 g/mol. The summed E-state index contributed by atoms with van der Waals surface area (Å²) in [6.45, 7) is 2.89. The number of methoxy groups -OCH3 is 1. The number of halogens is 1. The Morgan fingerprint density at radius 3 is 2.84 bits per heavy atom. The van der Waals surface area contributed by atoms with E-state index in [1.807, 2.05) is 11.8 Å². The molecule has 1 aliphatic heterocycles. The number of piperidine rings is 1. The van der Waals surface area contributed by atoms with Gasteiger partial charge in [0.05, 0.1) is 24.1 Å². The molecule has 2 aromatic rings. The van der Waals surface area contributed by atoms with Gasteiger partial charge >= 0.3 is 5.97 Å². The molecule has 168 valence electrons. The van der Waals surface area contributed by atoms with Crippen LogP contribution in [0.5, 0.6) is 0 Å². The Bertz CT molecular complexity index is 977. The minimum absolute atomic E-state index is 0.0709. The fourth-order valence-corrected chi connectivity index (χ4v) is 4.44. The number of nitrogens with zero attached hydrogens (tertiary/aromatic N) is 4. The number of oxime groups is 1. The minimum atomic E-state index is -1.09. The number of carboxylic acid groups (broad SMARTS) is 1. The van der Waals surface area contributed by atoms with Crippen LogP contribution in [0.4, 0.5) is 5.13 Å². The first kappa shape index (κ1) is 23.0. The van der Waals surface area contributed by atoms with Crippen LogP contribution in [0.25, 0.3) is 0 Å². The number of thiazole rings is 1. The summed E-state index contributed by atoms with van der Waals surface area (Å²) >= 11 is 7.08. The molecule has 2 unspecified atom stereocenters. The van der Waals surface area contributed by atoms with Crippen LogP contribution in [0.3, 0.4) is 0 Å². The van der Waals surface area contributed by atoms with Crippen molar-refractivity contribution in [2.45, 2.75) is 31.9 Å². The van der Waals surface area contributed by atoms with Gasteiger partial charge in [0.15, 0.2) is 16.1 Å². The third-order valence-corrected chi connectivity index (χ3v) is 6.30. The number of amides is 1. The fraction of sp³-hybridized carbons (Fsp3) is 0.500. The zero-order chi connectivity index (χ0) is 22.5. The topological polar surface area (TPSA) is 142 Å². The molecule has 2 atom stereocenters. The molecule has 3 N–H and O–H groups in total. The van der Waals surface area contributed by atoms with Gasteiger partial charge in [-0.2, -0.15) is 0 Å². The molecule has 1 aliphatic rings. The fourth-order valence-electron chi connectivity index (χ4n) is 3.26. The molecule has 11 nitrogen and oxygen atoms in total. The maximum atomic E-state index is 12.6. The third-order valence-electron chi connectivity index (χ3n) is 4.86. The van der Waals surface area contributed by atoms with Crippen molar-refractivity contribution in [1.82, 2.24) is 20.3 Å². The molecule has 0 spiro atoms. The molecule has 0 bridgehead atoms.